The molecule has 0 aliphatic carbocycles. The summed E-state index contributed by atoms with van der Waals surface area (Å²) in [6.45, 7) is 9.77. The molecule has 1 unspecified atom stereocenters. The Kier molecular flexibility index (Phi) is 6.78. The van der Waals surface area contributed by atoms with Crippen LogP contribution >= 0.6 is 11.6 Å². The van der Waals surface area contributed by atoms with E-state index in [1.807, 2.05) is 25.5 Å². The molecule has 0 saturated carbocycles. The van der Waals surface area contributed by atoms with Gasteiger partial charge in [0.15, 0.2) is 0 Å². The Labute approximate surface area is 200 Å². The summed E-state index contributed by atoms with van der Waals surface area (Å²) in [7, 11) is 0. The van der Waals surface area contributed by atoms with Crippen molar-refractivity contribution in [3.63, 3.8) is 0 Å². The Balaban J connectivity index is 1.80. The summed E-state index contributed by atoms with van der Waals surface area (Å²) in [4.78, 5) is 10.8. The average Bonchev–Trinajstić information content (AvgIpc) is 3.05. The summed E-state index contributed by atoms with van der Waals surface area (Å²) in [6, 6.07) is 1.34. The van der Waals surface area contributed by atoms with Crippen LogP contribution in [0.3, 0.4) is 0 Å². The van der Waals surface area contributed by atoms with Crippen molar-refractivity contribution in [2.75, 3.05) is 26.2 Å². The molecule has 0 spiro atoms. The fraction of sp³-hybridized carbons (Fsp3) is 0.500. The van der Waals surface area contributed by atoms with Crippen LogP contribution in [0.2, 0.25) is 5.02 Å². The summed E-state index contributed by atoms with van der Waals surface area (Å²) >= 11 is 8.82. The van der Waals surface area contributed by atoms with Crippen molar-refractivity contribution in [2.24, 2.45) is 0 Å². The van der Waals surface area contributed by atoms with Crippen LogP contribution in [0.1, 0.15) is 49.6 Å². The second kappa shape index (κ2) is 9.26. The monoisotopic (exact) mass is 521 g/mol. The number of hydrogen-bond donors (Lipinski definition) is 1. The fourth-order valence-corrected chi connectivity index (χ4v) is 5.31. The van der Waals surface area contributed by atoms with E-state index >= 15 is 4.39 Å². The number of aliphatic hydroxyl groups excluding tert-OH is 1. The van der Waals surface area contributed by atoms with E-state index in [4.69, 9.17) is 21.4 Å². The van der Waals surface area contributed by atoms with E-state index in [1.165, 1.54) is 6.33 Å². The molecule has 2 radical (unpaired) electrons. The number of β-amino-alcohol motifs (C(OH)–C–C–N with tert-alkyl or cyclic N) is 1. The van der Waals surface area contributed by atoms with E-state index in [0.29, 0.717) is 43.2 Å². The van der Waals surface area contributed by atoms with Gasteiger partial charge in [0.25, 0.3) is 0 Å². The molecule has 3 aromatic rings. The molecule has 0 bridgehead atoms. The molecule has 1 saturated heterocycles. The fourth-order valence-electron chi connectivity index (χ4n) is 4.43. The van der Waals surface area contributed by atoms with Gasteiger partial charge in [0, 0.05) is 0 Å². The first-order valence-electron chi connectivity index (χ1n) is 10.7. The average molecular weight is 522 g/mol. The van der Waals surface area contributed by atoms with Crippen LogP contribution < -0.4 is 9.22 Å². The Morgan fingerprint density at radius 2 is 2.06 bits per heavy atom. The molecule has 32 heavy (non-hydrogen) atoms. The Morgan fingerprint density at radius 3 is 2.72 bits per heavy atom. The van der Waals surface area contributed by atoms with E-state index in [1.54, 1.807) is 13.0 Å². The van der Waals surface area contributed by atoms with Crippen molar-refractivity contribution >= 4 is 44.0 Å². The topological polar surface area (TPSA) is 76.3 Å². The third-order valence-electron chi connectivity index (χ3n) is 5.87. The number of benzene rings is 1. The van der Waals surface area contributed by atoms with Crippen LogP contribution in [0.4, 0.5) is 4.39 Å². The minimum absolute atomic E-state index is 0.0575. The second-order valence-electron chi connectivity index (χ2n) is 8.30. The molecule has 2 atom stereocenters. The van der Waals surface area contributed by atoms with E-state index < -0.39 is 11.9 Å². The summed E-state index contributed by atoms with van der Waals surface area (Å²) in [5.74, 6) is 0.0223. The van der Waals surface area contributed by atoms with Gasteiger partial charge in [-0.2, -0.15) is 0 Å². The molecule has 3 heterocycles. The summed E-state index contributed by atoms with van der Waals surface area (Å²) in [5, 5.41) is 15.3. The van der Waals surface area contributed by atoms with E-state index in [9.17, 15) is 5.11 Å². The van der Waals surface area contributed by atoms with Crippen LogP contribution in [0, 0.1) is 12.7 Å². The third kappa shape index (κ3) is 4.14. The zero-order valence-electron chi connectivity index (χ0n) is 18.5. The number of rotatable bonds is 7. The van der Waals surface area contributed by atoms with Crippen LogP contribution in [0.5, 0.6) is 5.75 Å². The van der Waals surface area contributed by atoms with Crippen LogP contribution in [-0.2, 0) is 0 Å². The van der Waals surface area contributed by atoms with Gasteiger partial charge in [0.2, 0.25) is 0 Å². The van der Waals surface area contributed by atoms with E-state index in [-0.39, 0.29) is 17.0 Å². The molecule has 1 N–H and O–H groups in total. The van der Waals surface area contributed by atoms with Gasteiger partial charge in [-0.1, -0.05) is 0 Å². The molecule has 0 amide bonds. The summed E-state index contributed by atoms with van der Waals surface area (Å²) in [6.07, 6.45) is 1.08. The van der Waals surface area contributed by atoms with Gasteiger partial charge < -0.3 is 5.11 Å². The van der Waals surface area contributed by atoms with Crippen LogP contribution in [0.15, 0.2) is 12.4 Å². The SMILES string of the molecule is CCOc1c(C(C)n2nc(C)c3c([As])ncnc32)cc(Cl)c(F)c1C1CN(C[C@H](C)O)C1. The summed E-state index contributed by atoms with van der Waals surface area (Å²) in [5.41, 5.74) is 2.79. The van der Waals surface area contributed by atoms with E-state index in [2.05, 4.69) is 31.7 Å². The molecule has 1 aliphatic heterocycles. The first-order valence-corrected chi connectivity index (χ1v) is 12.0. The van der Waals surface area contributed by atoms with Gasteiger partial charge in [-0.05, 0) is 6.92 Å². The zero-order valence-corrected chi connectivity index (χ0v) is 21.1. The summed E-state index contributed by atoms with van der Waals surface area (Å²) < 4.78 is 23.9. The minimum atomic E-state index is -0.440. The van der Waals surface area contributed by atoms with Gasteiger partial charge >= 0.3 is 183 Å². The molecule has 1 aliphatic rings. The predicted molar refractivity (Wildman–Crippen MR) is 123 cm³/mol. The predicted octanol–water partition coefficient (Wildman–Crippen LogP) is 2.51. The molecule has 10 heteroatoms. The zero-order chi connectivity index (χ0) is 23.2. The van der Waals surface area contributed by atoms with Gasteiger partial charge in [0.05, 0.1) is 6.10 Å². The van der Waals surface area contributed by atoms with Crippen molar-refractivity contribution in [1.82, 2.24) is 24.6 Å². The van der Waals surface area contributed by atoms with Crippen molar-refractivity contribution in [1.29, 1.82) is 0 Å². The molecule has 2 aromatic heterocycles. The number of likely N-dealkylation sites (tertiary alicyclic amines) is 1. The molecule has 1 fully saturated rings. The Hall–Kier alpha value is -1.73. The van der Waals surface area contributed by atoms with Gasteiger partial charge in [-0.25, -0.2) is 0 Å². The first kappa shape index (κ1) is 23.4. The number of aromatic nitrogens is 4. The number of hydrogen-bond acceptors (Lipinski definition) is 6. The quantitative estimate of drug-likeness (QED) is 0.482. The number of fused-ring (bicyclic) bond motifs is 1. The van der Waals surface area contributed by atoms with Crippen LogP contribution in [-0.4, -0.2) is 79.0 Å². The molecule has 7 nitrogen and oxygen atoms in total. The van der Waals surface area contributed by atoms with Crippen molar-refractivity contribution in [3.8, 4) is 5.75 Å². The van der Waals surface area contributed by atoms with Crippen molar-refractivity contribution in [2.45, 2.75) is 45.8 Å². The second-order valence-corrected chi connectivity index (χ2v) is 9.60. The van der Waals surface area contributed by atoms with Crippen molar-refractivity contribution < 1.29 is 14.2 Å². The van der Waals surface area contributed by atoms with Gasteiger partial charge in [0.1, 0.15) is 0 Å². The van der Waals surface area contributed by atoms with E-state index in [0.717, 1.165) is 21.1 Å². The van der Waals surface area contributed by atoms with Gasteiger partial charge in [-0.3, -0.25) is 0 Å². The maximum absolute atomic E-state index is 15.3. The van der Waals surface area contributed by atoms with Crippen LogP contribution in [0.25, 0.3) is 11.0 Å². The number of aliphatic hydroxyl groups is 1. The Bertz CT molecular complexity index is 1150. The molecular weight excluding hydrogens is 496 g/mol. The maximum atomic E-state index is 15.3. The molecule has 4 rings (SSSR count). The third-order valence-corrected chi connectivity index (χ3v) is 6.86. The Morgan fingerprint density at radius 1 is 1.34 bits per heavy atom. The molecular formula is C22H26AsClFN5O2. The first-order chi connectivity index (χ1) is 15.2. The number of ether oxygens (including phenoxy) is 1. The number of aryl methyl sites for hydroxylation is 1. The number of nitrogens with zero attached hydrogens (tertiary/aromatic N) is 5. The number of halogens is 2. The standard InChI is InChI=1S/C22H26AsClFN5O2/c1-5-32-20-15(13(4)30-22-17(12(3)28-30)21(23)26-10-27-22)6-16(24)19(25)18(20)14-8-29(9-14)7-11(2)31/h6,10-11,13-14,31H,5,7-9H2,1-4H3/t11-,13?/m0/s1. The normalized spacial score (nSPS) is 16.9. The van der Waals surface area contributed by atoms with Crippen molar-refractivity contribution in [3.05, 3.63) is 40.1 Å². The van der Waals surface area contributed by atoms with Gasteiger partial charge in [-0.15, -0.1) is 0 Å². The molecule has 1 aromatic carbocycles. The molecule has 170 valence electrons.